The van der Waals surface area contributed by atoms with Gasteiger partial charge in [0.25, 0.3) is 0 Å². The van der Waals surface area contributed by atoms with Crippen molar-refractivity contribution in [2.75, 3.05) is 19.6 Å². The highest BCUT2D eigenvalue weighted by molar-refractivity contribution is 5.03. The van der Waals surface area contributed by atoms with Gasteiger partial charge in [-0.1, -0.05) is 13.8 Å². The van der Waals surface area contributed by atoms with Gasteiger partial charge in [0.2, 0.25) is 0 Å². The van der Waals surface area contributed by atoms with E-state index in [0.717, 1.165) is 6.54 Å². The Hall–Kier alpha value is -0.0800. The Balaban J connectivity index is 1.87. The predicted octanol–water partition coefficient (Wildman–Crippen LogP) is 1.99. The van der Waals surface area contributed by atoms with Gasteiger partial charge >= 0.3 is 0 Å². The maximum absolute atomic E-state index is 6.16. The van der Waals surface area contributed by atoms with E-state index < -0.39 is 0 Å². The fourth-order valence-corrected chi connectivity index (χ4v) is 2.75. The lowest BCUT2D eigenvalue weighted by Crippen LogP contribution is -2.39. The van der Waals surface area contributed by atoms with Crippen LogP contribution < -0.4 is 5.73 Å². The molecule has 0 spiro atoms. The average Bonchev–Trinajstić information content (AvgIpc) is 2.78. The third-order valence-corrected chi connectivity index (χ3v) is 4.45. The van der Waals surface area contributed by atoms with Crippen molar-refractivity contribution in [1.82, 2.24) is 4.90 Å². The van der Waals surface area contributed by atoms with Crippen LogP contribution in [-0.4, -0.2) is 30.1 Å². The number of nitrogens with zero attached hydrogens (tertiary/aromatic N) is 1. The Kier molecular flexibility index (Phi) is 2.61. The van der Waals surface area contributed by atoms with E-state index in [9.17, 15) is 0 Å². The van der Waals surface area contributed by atoms with Gasteiger partial charge in [-0.3, -0.25) is 0 Å². The Morgan fingerprint density at radius 1 is 1.14 bits per heavy atom. The number of likely N-dealkylation sites (tertiary alicyclic amines) is 1. The molecule has 0 unspecified atom stereocenters. The number of nitrogens with two attached hydrogens (primary N) is 1. The van der Waals surface area contributed by atoms with Gasteiger partial charge in [-0.15, -0.1) is 0 Å². The molecule has 0 amide bonds. The molecule has 14 heavy (non-hydrogen) atoms. The van der Waals surface area contributed by atoms with Crippen LogP contribution in [-0.2, 0) is 0 Å². The normalized spacial score (nSPS) is 29.4. The molecule has 2 nitrogen and oxygen atoms in total. The minimum absolute atomic E-state index is 0.206. The summed E-state index contributed by atoms with van der Waals surface area (Å²) in [6.07, 6.45) is 6.54. The van der Waals surface area contributed by atoms with Crippen LogP contribution in [0.15, 0.2) is 0 Å². The van der Waals surface area contributed by atoms with E-state index in [4.69, 9.17) is 5.73 Å². The molecule has 2 heteroatoms. The lowest BCUT2D eigenvalue weighted by molar-refractivity contribution is 0.229. The van der Waals surface area contributed by atoms with Gasteiger partial charge < -0.3 is 10.6 Å². The van der Waals surface area contributed by atoms with Crippen molar-refractivity contribution >= 4 is 0 Å². The summed E-state index contributed by atoms with van der Waals surface area (Å²) < 4.78 is 0. The summed E-state index contributed by atoms with van der Waals surface area (Å²) in [6.45, 7) is 8.39. The minimum atomic E-state index is 0.206. The third kappa shape index (κ3) is 1.96. The average molecular weight is 196 g/mol. The van der Waals surface area contributed by atoms with Crippen LogP contribution >= 0.6 is 0 Å². The topological polar surface area (TPSA) is 29.3 Å². The van der Waals surface area contributed by atoms with Gasteiger partial charge in [-0.05, 0) is 44.1 Å². The standard InChI is InChI=1S/C12H24N2/c1-3-11(4-2)7-8-14(9-11)10-12(13)5-6-12/h3-10,13H2,1-2H3. The second kappa shape index (κ2) is 3.49. The fraction of sp³-hybridized carbons (Fsp3) is 1.00. The van der Waals surface area contributed by atoms with Crippen LogP contribution in [0, 0.1) is 5.41 Å². The second-order valence-electron chi connectivity index (χ2n) is 5.53. The van der Waals surface area contributed by atoms with E-state index in [1.54, 1.807) is 0 Å². The van der Waals surface area contributed by atoms with E-state index in [1.165, 1.54) is 45.2 Å². The molecule has 82 valence electrons. The third-order valence-electron chi connectivity index (χ3n) is 4.45. The van der Waals surface area contributed by atoms with Crippen LogP contribution in [0.25, 0.3) is 0 Å². The van der Waals surface area contributed by atoms with Crippen molar-refractivity contribution in [3.63, 3.8) is 0 Å². The lowest BCUT2D eigenvalue weighted by atomic mass is 9.82. The maximum Gasteiger partial charge on any atom is 0.0284 e. The molecule has 2 fully saturated rings. The molecule has 0 radical (unpaired) electrons. The first-order valence-corrected chi connectivity index (χ1v) is 6.13. The molecule has 1 aliphatic carbocycles. The van der Waals surface area contributed by atoms with Crippen molar-refractivity contribution in [1.29, 1.82) is 0 Å². The summed E-state index contributed by atoms with van der Waals surface area (Å²) >= 11 is 0. The molecule has 2 aliphatic rings. The summed E-state index contributed by atoms with van der Waals surface area (Å²) in [5.41, 5.74) is 6.98. The van der Waals surface area contributed by atoms with Gasteiger partial charge in [0.1, 0.15) is 0 Å². The monoisotopic (exact) mass is 196 g/mol. The molecule has 0 aromatic rings. The molecular formula is C12H24N2. The molecule has 1 aliphatic heterocycles. The number of hydrogen-bond acceptors (Lipinski definition) is 2. The molecule has 1 saturated carbocycles. The zero-order valence-corrected chi connectivity index (χ0v) is 9.68. The second-order valence-corrected chi connectivity index (χ2v) is 5.53. The van der Waals surface area contributed by atoms with Gasteiger partial charge in [-0.2, -0.15) is 0 Å². The highest BCUT2D eigenvalue weighted by atomic mass is 15.2. The van der Waals surface area contributed by atoms with E-state index in [0.29, 0.717) is 5.41 Å². The minimum Gasteiger partial charge on any atom is -0.324 e. The highest BCUT2D eigenvalue weighted by Gasteiger charge is 2.43. The highest BCUT2D eigenvalue weighted by Crippen LogP contribution is 2.40. The zero-order valence-electron chi connectivity index (χ0n) is 9.68. The number of rotatable bonds is 4. The first-order valence-electron chi connectivity index (χ1n) is 6.13. The Labute approximate surface area is 87.8 Å². The first kappa shape index (κ1) is 10.4. The van der Waals surface area contributed by atoms with Gasteiger partial charge in [-0.25, -0.2) is 0 Å². The maximum atomic E-state index is 6.16. The first-order chi connectivity index (χ1) is 6.61. The molecule has 2 N–H and O–H groups in total. The van der Waals surface area contributed by atoms with E-state index in [1.807, 2.05) is 0 Å². The summed E-state index contributed by atoms with van der Waals surface area (Å²) in [6, 6.07) is 0. The number of hydrogen-bond donors (Lipinski definition) is 1. The molecule has 2 rings (SSSR count). The molecule has 1 saturated heterocycles. The van der Waals surface area contributed by atoms with E-state index >= 15 is 0 Å². The summed E-state index contributed by atoms with van der Waals surface area (Å²) in [4.78, 5) is 2.60. The van der Waals surface area contributed by atoms with Crippen molar-refractivity contribution in [3.05, 3.63) is 0 Å². The molecule has 1 heterocycles. The fourth-order valence-electron chi connectivity index (χ4n) is 2.75. The largest absolute Gasteiger partial charge is 0.324 e. The smallest absolute Gasteiger partial charge is 0.0284 e. The lowest BCUT2D eigenvalue weighted by Gasteiger charge is -2.27. The van der Waals surface area contributed by atoms with Crippen LogP contribution in [0.3, 0.4) is 0 Å². The zero-order chi connectivity index (χ0) is 10.2. The van der Waals surface area contributed by atoms with E-state index in [-0.39, 0.29) is 5.54 Å². The van der Waals surface area contributed by atoms with E-state index in [2.05, 4.69) is 18.7 Å². The van der Waals surface area contributed by atoms with Gasteiger partial charge in [0, 0.05) is 18.6 Å². The van der Waals surface area contributed by atoms with Crippen molar-refractivity contribution in [2.24, 2.45) is 11.1 Å². The molecule has 0 bridgehead atoms. The summed E-state index contributed by atoms with van der Waals surface area (Å²) in [5, 5.41) is 0. The van der Waals surface area contributed by atoms with Crippen LogP contribution in [0.2, 0.25) is 0 Å². The summed E-state index contributed by atoms with van der Waals surface area (Å²) in [7, 11) is 0. The predicted molar refractivity (Wildman–Crippen MR) is 60.2 cm³/mol. The molecule has 0 aromatic carbocycles. The van der Waals surface area contributed by atoms with Gasteiger partial charge in [0.05, 0.1) is 0 Å². The molecule has 0 atom stereocenters. The van der Waals surface area contributed by atoms with Crippen LogP contribution in [0.1, 0.15) is 46.0 Å². The molecular weight excluding hydrogens is 172 g/mol. The van der Waals surface area contributed by atoms with Crippen LogP contribution in [0.5, 0.6) is 0 Å². The van der Waals surface area contributed by atoms with Gasteiger partial charge in [0.15, 0.2) is 0 Å². The van der Waals surface area contributed by atoms with Crippen molar-refractivity contribution in [2.45, 2.75) is 51.5 Å². The summed E-state index contributed by atoms with van der Waals surface area (Å²) in [5.74, 6) is 0. The van der Waals surface area contributed by atoms with Crippen molar-refractivity contribution in [3.8, 4) is 0 Å². The quantitative estimate of drug-likeness (QED) is 0.745. The van der Waals surface area contributed by atoms with Crippen LogP contribution in [0.4, 0.5) is 0 Å². The van der Waals surface area contributed by atoms with Crippen molar-refractivity contribution < 1.29 is 0 Å². The Morgan fingerprint density at radius 3 is 2.21 bits per heavy atom. The Morgan fingerprint density at radius 2 is 1.79 bits per heavy atom. The molecule has 0 aromatic heterocycles. The Bertz CT molecular complexity index is 204. The SMILES string of the molecule is CCC1(CC)CCN(CC2(N)CC2)C1.